The Labute approximate surface area is 228 Å². The number of hydrogen-bond donors (Lipinski definition) is 0. The summed E-state index contributed by atoms with van der Waals surface area (Å²) in [6, 6.07) is 0. The molecule has 1 N–H and O–H groups in total. The van der Waals surface area contributed by atoms with E-state index in [1.165, 1.54) is 0 Å². The molecule has 0 aliphatic heterocycles. The summed E-state index contributed by atoms with van der Waals surface area (Å²) in [6.45, 7) is 0. The first-order chi connectivity index (χ1) is 6.00. The summed E-state index contributed by atoms with van der Waals surface area (Å²) < 4.78 is 103. The SMILES string of the molecule is O=[As]([O-])([O-])[O-].O=[As]([O-])([O-])[O-].O=[As]([O-])([O-])[O-].[OH-].[Pb+2].[Pb+2].[Pb+2].[Pb+2].[Pb+2]. The summed E-state index contributed by atoms with van der Waals surface area (Å²) in [6.07, 6.45) is 0. The molecule has 0 bridgehead atoms. The Morgan fingerprint density at radius 3 is 0.381 bits per heavy atom. The molecular formula is HAs3O13Pb5. The van der Waals surface area contributed by atoms with Crippen LogP contribution in [-0.4, -0.2) is 186 Å². The van der Waals surface area contributed by atoms with E-state index in [1.807, 2.05) is 0 Å². The van der Waals surface area contributed by atoms with Gasteiger partial charge in [-0.2, -0.15) is 0 Å². The Kier molecular flexibility index (Phi) is 73.7. The van der Waals surface area contributed by atoms with Crippen LogP contribution < -0.4 is 36.9 Å². The van der Waals surface area contributed by atoms with E-state index < -0.39 is 43.5 Å². The van der Waals surface area contributed by atoms with Crippen LogP contribution in [-0.2, 0) is 11.2 Å². The maximum atomic E-state index is 8.61. The van der Waals surface area contributed by atoms with Crippen LogP contribution in [0, 0.1) is 0 Å². The largest absolute Gasteiger partial charge is 2.00 e. The average Bonchev–Trinajstić information content (AvgIpc) is 1.41. The third-order valence-electron chi connectivity index (χ3n) is 0. The molecule has 10 radical (unpaired) electrons. The molecule has 0 aromatic carbocycles. The summed E-state index contributed by atoms with van der Waals surface area (Å²) in [4.78, 5) is 0. The van der Waals surface area contributed by atoms with Crippen molar-refractivity contribution in [2.75, 3.05) is 0 Å². The Balaban J connectivity index is -0.0000000129. The molecule has 0 spiro atoms. The van der Waals surface area contributed by atoms with Gasteiger partial charge in [0.25, 0.3) is 0 Å². The van der Waals surface area contributed by atoms with Crippen LogP contribution in [0.25, 0.3) is 0 Å². The maximum absolute atomic E-state index is 8.61. The standard InChI is InChI=1S/3AsH3O4.H2O.5Pb/c3*2-1(3,4)5;;;;;;/h3*(H3,2,3,4,5);1H2;;;;;/q;;;;5*+2/p-10. The second kappa shape index (κ2) is 27.5. The molecule has 0 atom stereocenters. The van der Waals surface area contributed by atoms with Gasteiger partial charge in [0.15, 0.2) is 0 Å². The molecule has 0 unspecified atom stereocenters. The molecule has 0 aliphatic rings. The molecule has 0 aromatic rings. The molecule has 0 rings (SSSR count). The topological polar surface area (TPSA) is 289 Å². The van der Waals surface area contributed by atoms with Gasteiger partial charge in [-0.25, -0.2) is 0 Å². The fourth-order valence-corrected chi connectivity index (χ4v) is 0. The summed E-state index contributed by atoms with van der Waals surface area (Å²) in [5.74, 6) is 0. The first-order valence-corrected chi connectivity index (χ1v) is 11.4. The van der Waals surface area contributed by atoms with Gasteiger partial charge in [0, 0.05) is 0 Å². The minimum Gasteiger partial charge on any atom is -0.870 e. The van der Waals surface area contributed by atoms with Crippen LogP contribution in [0.2, 0.25) is 0 Å². The fraction of sp³-hybridized carbons (Fsp3) is 0. The molecule has 13 nitrogen and oxygen atoms in total. The fourth-order valence-electron chi connectivity index (χ4n) is 0. The van der Waals surface area contributed by atoms with Crippen molar-refractivity contribution >= 4 is 180 Å². The second-order valence-electron chi connectivity index (χ2n) is 1.34. The second-order valence-corrected chi connectivity index (χ2v) is 6.97. The summed E-state index contributed by atoms with van der Waals surface area (Å²) in [7, 11) is 0. The normalized spacial score (nSPS) is 8.43. The first kappa shape index (κ1) is 56.2. The van der Waals surface area contributed by atoms with Crippen LogP contribution >= 0.6 is 0 Å². The quantitative estimate of drug-likeness (QED) is 0.204. The van der Waals surface area contributed by atoms with Gasteiger partial charge < -0.3 is 5.48 Å². The van der Waals surface area contributed by atoms with Crippen molar-refractivity contribution in [2.45, 2.75) is 0 Å². The van der Waals surface area contributed by atoms with Crippen molar-refractivity contribution in [3.63, 3.8) is 0 Å². The molecule has 0 amide bonds. The molecule has 0 heterocycles. The van der Waals surface area contributed by atoms with Gasteiger partial charge in [0.05, 0.1) is 0 Å². The van der Waals surface area contributed by atoms with Gasteiger partial charge in [0.2, 0.25) is 0 Å². The van der Waals surface area contributed by atoms with Gasteiger partial charge in [-0.3, -0.25) is 0 Å². The Bertz CT molecular complexity index is 214. The predicted molar refractivity (Wildman–Crippen MR) is 50.0 cm³/mol. The zero-order valence-corrected chi connectivity index (χ0v) is 34.3. The van der Waals surface area contributed by atoms with Crippen LogP contribution in [0.4, 0.5) is 0 Å². The van der Waals surface area contributed by atoms with E-state index in [4.69, 9.17) is 48.1 Å². The van der Waals surface area contributed by atoms with Crippen LogP contribution in [0.5, 0.6) is 0 Å². The van der Waals surface area contributed by atoms with Crippen molar-refractivity contribution in [1.29, 1.82) is 0 Å². The molecule has 0 aliphatic carbocycles. The zero-order valence-electron chi connectivity index (χ0n) is 9.19. The minimum atomic E-state index is -5.88. The van der Waals surface area contributed by atoms with Crippen molar-refractivity contribution in [3.8, 4) is 0 Å². The summed E-state index contributed by atoms with van der Waals surface area (Å²) >= 11 is -17.6. The Hall–Kier alpha value is 5.29. The monoisotopic (exact) mass is 1470 g/mol. The van der Waals surface area contributed by atoms with E-state index in [1.54, 1.807) is 0 Å². The molecule has 0 saturated heterocycles. The van der Waals surface area contributed by atoms with Crippen molar-refractivity contribution in [3.05, 3.63) is 0 Å². The third kappa shape index (κ3) is 491. The first-order valence-electron chi connectivity index (χ1n) is 2.19. The van der Waals surface area contributed by atoms with E-state index >= 15 is 0 Å². The molecule has 21 heteroatoms. The number of hydrogen-bond acceptors (Lipinski definition) is 13. The molecule has 114 valence electrons. The van der Waals surface area contributed by atoms with Crippen molar-refractivity contribution in [2.24, 2.45) is 0 Å². The maximum Gasteiger partial charge on any atom is 2.00 e. The van der Waals surface area contributed by atoms with Gasteiger partial charge >= 0.3 is 228 Å². The van der Waals surface area contributed by atoms with Crippen molar-refractivity contribution in [1.82, 2.24) is 0 Å². The molecular weight excluding hydrogens is 1470 g/mol. The van der Waals surface area contributed by atoms with E-state index in [9.17, 15) is 0 Å². The van der Waals surface area contributed by atoms with E-state index in [-0.39, 0.29) is 142 Å². The Morgan fingerprint density at radius 1 is 0.381 bits per heavy atom. The van der Waals surface area contributed by atoms with Gasteiger partial charge in [-0.15, -0.1) is 0 Å². The van der Waals surface area contributed by atoms with Crippen LogP contribution in [0.1, 0.15) is 0 Å². The van der Waals surface area contributed by atoms with Gasteiger partial charge in [0.1, 0.15) is 0 Å². The van der Waals surface area contributed by atoms with Crippen molar-refractivity contribution < 1.29 is 53.6 Å². The molecule has 0 fully saturated rings. The van der Waals surface area contributed by atoms with E-state index in [0.717, 1.165) is 0 Å². The predicted octanol–water partition coefficient (Wildman–Crippen LogP) is -14.3. The van der Waals surface area contributed by atoms with Crippen LogP contribution in [0.3, 0.4) is 0 Å². The van der Waals surface area contributed by atoms with E-state index in [2.05, 4.69) is 0 Å². The molecule has 0 saturated carbocycles. The minimum absolute atomic E-state index is 0. The summed E-state index contributed by atoms with van der Waals surface area (Å²) in [5, 5.41) is 0. The van der Waals surface area contributed by atoms with Gasteiger partial charge in [-0.1, -0.05) is 0 Å². The van der Waals surface area contributed by atoms with Gasteiger partial charge in [-0.05, 0) is 0 Å². The molecule has 21 heavy (non-hydrogen) atoms. The Morgan fingerprint density at radius 2 is 0.381 bits per heavy atom. The van der Waals surface area contributed by atoms with Crippen LogP contribution in [0.15, 0.2) is 0 Å². The molecule has 0 aromatic heterocycles. The smallest absolute Gasteiger partial charge is 0.870 e. The number of rotatable bonds is 0. The summed E-state index contributed by atoms with van der Waals surface area (Å²) in [5.41, 5.74) is 0. The van der Waals surface area contributed by atoms with E-state index in [0.29, 0.717) is 0 Å². The zero-order chi connectivity index (χ0) is 13.5. The average molecular weight is 1470 g/mol. The third-order valence-corrected chi connectivity index (χ3v) is 0.